The molecule has 0 saturated heterocycles. The van der Waals surface area contributed by atoms with Crippen LogP contribution >= 0.6 is 11.6 Å². The molecule has 0 aliphatic heterocycles. The summed E-state index contributed by atoms with van der Waals surface area (Å²) >= 11 is 5.78. The zero-order valence-electron chi connectivity index (χ0n) is 6.36. The number of hydrogen-bond donors (Lipinski definition) is 0. The third-order valence-electron chi connectivity index (χ3n) is 1.53. The number of methoxy groups -OCH3 is 1. The number of rotatable bonds is 1. The molecule has 0 bridgehead atoms. The summed E-state index contributed by atoms with van der Waals surface area (Å²) in [7, 11) is 1.54. The molecular formula is C7H6ClN3O. The third-order valence-corrected chi connectivity index (χ3v) is 1.79. The average molecular weight is 184 g/mol. The molecule has 0 aromatic carbocycles. The van der Waals surface area contributed by atoms with Gasteiger partial charge in [0.1, 0.15) is 0 Å². The normalized spacial score (nSPS) is 10.5. The maximum Gasteiger partial charge on any atom is 0.192 e. The van der Waals surface area contributed by atoms with Gasteiger partial charge in [-0.15, -0.1) is 0 Å². The first-order valence-electron chi connectivity index (χ1n) is 3.35. The Kier molecular flexibility index (Phi) is 1.62. The van der Waals surface area contributed by atoms with Crippen molar-refractivity contribution in [3.05, 3.63) is 23.6 Å². The number of halogens is 1. The fraction of sp³-hybridized carbons (Fsp3) is 0.143. The first-order valence-corrected chi connectivity index (χ1v) is 3.73. The van der Waals surface area contributed by atoms with Gasteiger partial charge in [0.05, 0.1) is 7.11 Å². The van der Waals surface area contributed by atoms with E-state index >= 15 is 0 Å². The zero-order chi connectivity index (χ0) is 8.55. The van der Waals surface area contributed by atoms with E-state index in [1.807, 2.05) is 0 Å². The summed E-state index contributed by atoms with van der Waals surface area (Å²) in [5.74, 6) is 0.537. The number of ether oxygens (including phenoxy) is 1. The maximum atomic E-state index is 5.78. The Morgan fingerprint density at radius 3 is 3.17 bits per heavy atom. The molecule has 2 aromatic rings. The summed E-state index contributed by atoms with van der Waals surface area (Å²) in [6.45, 7) is 0. The molecule has 2 heterocycles. The summed E-state index contributed by atoms with van der Waals surface area (Å²) in [6.07, 6.45) is 3.37. The SMILES string of the molecule is COc1cc2nccn2nc1Cl. The Morgan fingerprint density at radius 2 is 2.42 bits per heavy atom. The molecule has 0 saturated carbocycles. The van der Waals surface area contributed by atoms with Crippen LogP contribution in [0.3, 0.4) is 0 Å². The number of fused-ring (bicyclic) bond motifs is 1. The molecular weight excluding hydrogens is 178 g/mol. The van der Waals surface area contributed by atoms with Crippen LogP contribution in [0, 0.1) is 0 Å². The molecule has 0 aliphatic rings. The quantitative estimate of drug-likeness (QED) is 0.671. The molecule has 12 heavy (non-hydrogen) atoms. The van der Waals surface area contributed by atoms with Crippen LogP contribution in [0.15, 0.2) is 18.5 Å². The molecule has 0 amide bonds. The minimum absolute atomic E-state index is 0.336. The van der Waals surface area contributed by atoms with Gasteiger partial charge in [-0.1, -0.05) is 11.6 Å². The molecule has 0 aliphatic carbocycles. The molecule has 5 heteroatoms. The van der Waals surface area contributed by atoms with Crippen molar-refractivity contribution in [3.8, 4) is 5.75 Å². The largest absolute Gasteiger partial charge is 0.493 e. The summed E-state index contributed by atoms with van der Waals surface area (Å²) in [5, 5.41) is 4.34. The predicted molar refractivity (Wildman–Crippen MR) is 44.5 cm³/mol. The van der Waals surface area contributed by atoms with Crippen LogP contribution in [0.2, 0.25) is 5.15 Å². The van der Waals surface area contributed by atoms with Gasteiger partial charge in [0.25, 0.3) is 0 Å². The minimum Gasteiger partial charge on any atom is -0.493 e. The van der Waals surface area contributed by atoms with Gasteiger partial charge in [-0.2, -0.15) is 5.10 Å². The Balaban J connectivity index is 2.73. The van der Waals surface area contributed by atoms with Crippen LogP contribution in [0.25, 0.3) is 5.65 Å². The van der Waals surface area contributed by atoms with E-state index in [0.717, 1.165) is 5.65 Å². The topological polar surface area (TPSA) is 39.4 Å². The van der Waals surface area contributed by atoms with Gasteiger partial charge in [0, 0.05) is 18.5 Å². The molecule has 0 unspecified atom stereocenters. The minimum atomic E-state index is 0.336. The van der Waals surface area contributed by atoms with Crippen LogP contribution < -0.4 is 4.74 Å². The average Bonchev–Trinajstić information content (AvgIpc) is 2.49. The summed E-state index contributed by atoms with van der Waals surface area (Å²) < 4.78 is 6.56. The van der Waals surface area contributed by atoms with E-state index in [-0.39, 0.29) is 0 Å². The standard InChI is InChI=1S/C7H6ClN3O/c1-12-5-4-6-9-2-3-11(6)10-7(5)8/h2-4H,1H3. The molecule has 0 N–H and O–H groups in total. The van der Waals surface area contributed by atoms with Crippen molar-refractivity contribution in [2.45, 2.75) is 0 Å². The molecule has 2 rings (SSSR count). The van der Waals surface area contributed by atoms with Crippen LogP contribution in [0.1, 0.15) is 0 Å². The van der Waals surface area contributed by atoms with Crippen molar-refractivity contribution in [2.75, 3.05) is 7.11 Å². The molecule has 0 fully saturated rings. The van der Waals surface area contributed by atoms with Gasteiger partial charge < -0.3 is 4.74 Å². The van der Waals surface area contributed by atoms with Crippen molar-refractivity contribution in [1.29, 1.82) is 0 Å². The summed E-state index contributed by atoms with van der Waals surface area (Å²) in [6, 6.07) is 1.73. The summed E-state index contributed by atoms with van der Waals surface area (Å²) in [5.41, 5.74) is 0.719. The number of aromatic nitrogens is 3. The highest BCUT2D eigenvalue weighted by atomic mass is 35.5. The lowest BCUT2D eigenvalue weighted by Gasteiger charge is -2.01. The Morgan fingerprint density at radius 1 is 1.58 bits per heavy atom. The first kappa shape index (κ1) is 7.36. The fourth-order valence-corrected chi connectivity index (χ4v) is 1.17. The molecule has 2 aromatic heterocycles. The smallest absolute Gasteiger partial charge is 0.192 e. The van der Waals surface area contributed by atoms with Crippen molar-refractivity contribution in [1.82, 2.24) is 14.6 Å². The molecule has 0 spiro atoms. The van der Waals surface area contributed by atoms with Crippen molar-refractivity contribution in [3.63, 3.8) is 0 Å². The lowest BCUT2D eigenvalue weighted by molar-refractivity contribution is 0.412. The lowest BCUT2D eigenvalue weighted by atomic mass is 10.5. The highest BCUT2D eigenvalue weighted by Gasteiger charge is 2.04. The molecule has 0 atom stereocenters. The van der Waals surface area contributed by atoms with Gasteiger partial charge in [0.15, 0.2) is 16.5 Å². The van der Waals surface area contributed by atoms with Crippen LogP contribution in [-0.2, 0) is 0 Å². The second-order valence-corrected chi connectivity index (χ2v) is 2.59. The van der Waals surface area contributed by atoms with Gasteiger partial charge in [-0.3, -0.25) is 0 Å². The maximum absolute atomic E-state index is 5.78. The van der Waals surface area contributed by atoms with Crippen LogP contribution in [-0.4, -0.2) is 21.7 Å². The van der Waals surface area contributed by atoms with E-state index in [1.54, 1.807) is 30.1 Å². The van der Waals surface area contributed by atoms with Gasteiger partial charge in [-0.05, 0) is 0 Å². The molecule has 62 valence electrons. The van der Waals surface area contributed by atoms with Crippen molar-refractivity contribution in [2.24, 2.45) is 0 Å². The van der Waals surface area contributed by atoms with Gasteiger partial charge in [-0.25, -0.2) is 9.50 Å². The lowest BCUT2D eigenvalue weighted by Crippen LogP contribution is -1.94. The highest BCUT2D eigenvalue weighted by molar-refractivity contribution is 6.30. The van der Waals surface area contributed by atoms with E-state index in [2.05, 4.69) is 10.1 Å². The van der Waals surface area contributed by atoms with E-state index < -0.39 is 0 Å². The summed E-state index contributed by atoms with van der Waals surface area (Å²) in [4.78, 5) is 4.03. The first-order chi connectivity index (χ1) is 5.81. The van der Waals surface area contributed by atoms with Crippen LogP contribution in [0.5, 0.6) is 5.75 Å². The monoisotopic (exact) mass is 183 g/mol. The van der Waals surface area contributed by atoms with Gasteiger partial charge in [0.2, 0.25) is 0 Å². The van der Waals surface area contributed by atoms with Crippen LogP contribution in [0.4, 0.5) is 0 Å². The van der Waals surface area contributed by atoms with E-state index in [0.29, 0.717) is 10.9 Å². The van der Waals surface area contributed by atoms with E-state index in [4.69, 9.17) is 16.3 Å². The Labute approximate surface area is 73.7 Å². The molecule has 4 nitrogen and oxygen atoms in total. The number of imidazole rings is 1. The Hall–Kier alpha value is -1.29. The number of nitrogens with zero attached hydrogens (tertiary/aromatic N) is 3. The predicted octanol–water partition coefficient (Wildman–Crippen LogP) is 1.39. The molecule has 0 radical (unpaired) electrons. The third kappa shape index (κ3) is 1.00. The van der Waals surface area contributed by atoms with Crippen molar-refractivity contribution < 1.29 is 4.74 Å². The second-order valence-electron chi connectivity index (χ2n) is 2.23. The Bertz CT molecular complexity index is 412. The van der Waals surface area contributed by atoms with Crippen molar-refractivity contribution >= 4 is 17.2 Å². The van der Waals surface area contributed by atoms with E-state index in [9.17, 15) is 0 Å². The van der Waals surface area contributed by atoms with Gasteiger partial charge >= 0.3 is 0 Å². The second kappa shape index (κ2) is 2.64. The zero-order valence-corrected chi connectivity index (χ0v) is 7.12. The number of hydrogen-bond acceptors (Lipinski definition) is 3. The highest BCUT2D eigenvalue weighted by Crippen LogP contribution is 2.21. The fourth-order valence-electron chi connectivity index (χ4n) is 0.960. The van der Waals surface area contributed by atoms with E-state index in [1.165, 1.54) is 0 Å².